The van der Waals surface area contributed by atoms with Gasteiger partial charge in [-0.05, 0) is 33.1 Å². The van der Waals surface area contributed by atoms with Crippen LogP contribution in [0.5, 0.6) is 0 Å². The van der Waals surface area contributed by atoms with Gasteiger partial charge in [-0.2, -0.15) is 0 Å². The molecule has 0 aromatic heterocycles. The van der Waals surface area contributed by atoms with Crippen molar-refractivity contribution in [2.45, 2.75) is 32.8 Å². The van der Waals surface area contributed by atoms with Crippen LogP contribution in [0.15, 0.2) is 0 Å². The van der Waals surface area contributed by atoms with E-state index >= 15 is 0 Å². The van der Waals surface area contributed by atoms with E-state index in [1.165, 1.54) is 0 Å². The van der Waals surface area contributed by atoms with Crippen molar-refractivity contribution in [1.82, 2.24) is 10.2 Å². The number of hydrogen-bond donors (Lipinski definition) is 1. The molecular weight excluding hydrogens is 220 g/mol. The molecule has 96 valence electrons. The second kappa shape index (κ2) is 3.62. The zero-order valence-corrected chi connectivity index (χ0v) is 10.9. The van der Waals surface area contributed by atoms with Crippen molar-refractivity contribution in [3.63, 3.8) is 0 Å². The molecule has 0 radical (unpaired) electrons. The Morgan fingerprint density at radius 1 is 1.41 bits per heavy atom. The molecule has 1 heterocycles. The second-order valence-electron chi connectivity index (χ2n) is 6.00. The first-order valence-electron chi connectivity index (χ1n) is 5.98. The lowest BCUT2D eigenvalue weighted by atomic mass is 10.1. The topological polar surface area (TPSA) is 58.6 Å². The molecule has 1 N–H and O–H groups in total. The molecule has 1 saturated carbocycles. The van der Waals surface area contributed by atoms with Crippen LogP contribution in [0.1, 0.15) is 27.2 Å². The highest BCUT2D eigenvalue weighted by Crippen LogP contribution is 2.57. The maximum Gasteiger partial charge on any atom is 0.410 e. The number of hydrogen-bond acceptors (Lipinski definition) is 3. The molecule has 5 nitrogen and oxygen atoms in total. The third-order valence-corrected chi connectivity index (χ3v) is 3.48. The Kier molecular flexibility index (Phi) is 2.60. The van der Waals surface area contributed by atoms with Crippen LogP contribution >= 0.6 is 0 Å². The van der Waals surface area contributed by atoms with E-state index in [4.69, 9.17) is 4.74 Å². The van der Waals surface area contributed by atoms with Crippen LogP contribution in [0, 0.1) is 11.3 Å². The zero-order valence-electron chi connectivity index (χ0n) is 10.9. The number of nitrogens with zero attached hydrogens (tertiary/aromatic N) is 1. The Labute approximate surface area is 101 Å². The minimum absolute atomic E-state index is 0.0496. The lowest BCUT2D eigenvalue weighted by molar-refractivity contribution is -0.125. The van der Waals surface area contributed by atoms with E-state index in [-0.39, 0.29) is 17.4 Å². The van der Waals surface area contributed by atoms with Gasteiger partial charge in [0.25, 0.3) is 0 Å². The van der Waals surface area contributed by atoms with Gasteiger partial charge in [-0.3, -0.25) is 4.79 Å². The lowest BCUT2D eigenvalue weighted by Crippen LogP contribution is -2.40. The van der Waals surface area contributed by atoms with Gasteiger partial charge in [-0.15, -0.1) is 0 Å². The molecule has 0 unspecified atom stereocenters. The van der Waals surface area contributed by atoms with Crippen molar-refractivity contribution in [1.29, 1.82) is 0 Å². The third-order valence-electron chi connectivity index (χ3n) is 3.48. The van der Waals surface area contributed by atoms with E-state index in [9.17, 15) is 9.59 Å². The Hall–Kier alpha value is -1.26. The largest absolute Gasteiger partial charge is 0.444 e. The van der Waals surface area contributed by atoms with E-state index in [0.717, 1.165) is 6.42 Å². The molecule has 5 heteroatoms. The molecule has 2 rings (SSSR count). The number of ether oxygens (including phenoxy) is 1. The molecule has 2 fully saturated rings. The summed E-state index contributed by atoms with van der Waals surface area (Å²) in [6.07, 6.45) is 0.583. The maximum atomic E-state index is 11.9. The quantitative estimate of drug-likeness (QED) is 0.743. The smallest absolute Gasteiger partial charge is 0.410 e. The van der Waals surface area contributed by atoms with Crippen molar-refractivity contribution < 1.29 is 14.3 Å². The van der Waals surface area contributed by atoms with Crippen molar-refractivity contribution >= 4 is 12.0 Å². The van der Waals surface area contributed by atoms with Crippen molar-refractivity contribution in [3.8, 4) is 0 Å². The molecule has 0 aromatic carbocycles. The average molecular weight is 240 g/mol. The summed E-state index contributed by atoms with van der Waals surface area (Å²) in [7, 11) is 1.64. The molecule has 0 bridgehead atoms. The highest BCUT2D eigenvalue weighted by Gasteiger charge is 2.65. The number of fused-ring (bicyclic) bond motifs is 1. The van der Waals surface area contributed by atoms with E-state index in [2.05, 4.69) is 5.32 Å². The number of carbonyl (C=O) groups excluding carboxylic acids is 2. The standard InChI is InChI=1S/C12H20N2O3/c1-11(2,3)17-10(16)14-6-8-5-12(8,7-14)9(15)13-4/h8H,5-7H2,1-4H3,(H,13,15)/t8-,12-/m0/s1. The number of amides is 2. The second-order valence-corrected chi connectivity index (χ2v) is 6.00. The summed E-state index contributed by atoms with van der Waals surface area (Å²) in [5.74, 6) is 0.364. The first-order chi connectivity index (χ1) is 7.78. The predicted molar refractivity (Wildman–Crippen MR) is 62.4 cm³/mol. The minimum atomic E-state index is -0.482. The predicted octanol–water partition coefficient (Wildman–Crippen LogP) is 0.989. The van der Waals surface area contributed by atoms with E-state index in [1.807, 2.05) is 20.8 Å². The molecule has 2 aliphatic rings. The summed E-state index contributed by atoms with van der Waals surface area (Å²) in [5, 5.41) is 2.68. The van der Waals surface area contributed by atoms with E-state index in [0.29, 0.717) is 19.0 Å². The molecule has 17 heavy (non-hydrogen) atoms. The fourth-order valence-corrected chi connectivity index (χ4v) is 2.55. The first-order valence-corrected chi connectivity index (χ1v) is 5.98. The summed E-state index contributed by atoms with van der Waals surface area (Å²) in [6.45, 7) is 6.66. The molecular formula is C12H20N2O3. The van der Waals surface area contributed by atoms with Gasteiger partial charge in [0.05, 0.1) is 5.41 Å². The molecule has 2 amide bonds. The highest BCUT2D eigenvalue weighted by molar-refractivity contribution is 5.87. The number of nitrogens with one attached hydrogen (secondary N) is 1. The van der Waals surface area contributed by atoms with Crippen molar-refractivity contribution in [3.05, 3.63) is 0 Å². The Morgan fingerprint density at radius 2 is 2.06 bits per heavy atom. The molecule has 0 spiro atoms. The van der Waals surface area contributed by atoms with E-state index in [1.54, 1.807) is 11.9 Å². The Morgan fingerprint density at radius 3 is 2.59 bits per heavy atom. The van der Waals surface area contributed by atoms with Crippen LogP contribution in [-0.2, 0) is 9.53 Å². The van der Waals surface area contributed by atoms with Gasteiger partial charge in [-0.1, -0.05) is 0 Å². The molecule has 0 aromatic rings. The maximum absolute atomic E-state index is 11.9. The molecule has 1 aliphatic carbocycles. The Bertz CT molecular complexity index is 361. The van der Waals surface area contributed by atoms with Crippen LogP contribution in [0.3, 0.4) is 0 Å². The minimum Gasteiger partial charge on any atom is -0.444 e. The van der Waals surface area contributed by atoms with Crippen molar-refractivity contribution in [2.24, 2.45) is 11.3 Å². The van der Waals surface area contributed by atoms with Gasteiger partial charge < -0.3 is 15.0 Å². The third kappa shape index (κ3) is 2.10. The van der Waals surface area contributed by atoms with Gasteiger partial charge in [0.2, 0.25) is 5.91 Å². The monoisotopic (exact) mass is 240 g/mol. The Balaban J connectivity index is 1.96. The van der Waals surface area contributed by atoms with Crippen LogP contribution in [0.4, 0.5) is 4.79 Å². The van der Waals surface area contributed by atoms with Crippen LogP contribution in [-0.4, -0.2) is 42.6 Å². The number of likely N-dealkylation sites (tertiary alicyclic amines) is 1. The summed E-state index contributed by atoms with van der Waals surface area (Å²) >= 11 is 0. The van der Waals surface area contributed by atoms with E-state index < -0.39 is 5.60 Å². The number of carbonyl (C=O) groups is 2. The molecule has 1 saturated heterocycles. The van der Waals surface area contributed by atoms with Gasteiger partial charge >= 0.3 is 6.09 Å². The fraction of sp³-hybridized carbons (Fsp3) is 0.833. The van der Waals surface area contributed by atoms with Gasteiger partial charge in [0, 0.05) is 20.1 Å². The first kappa shape index (κ1) is 12.2. The normalized spacial score (nSPS) is 30.8. The van der Waals surface area contributed by atoms with Gasteiger partial charge in [0.1, 0.15) is 5.60 Å². The molecule has 2 atom stereocenters. The van der Waals surface area contributed by atoms with Crippen LogP contribution < -0.4 is 5.32 Å². The fourth-order valence-electron chi connectivity index (χ4n) is 2.55. The summed E-state index contributed by atoms with van der Waals surface area (Å²) in [4.78, 5) is 25.2. The zero-order chi connectivity index (χ0) is 12.8. The summed E-state index contributed by atoms with van der Waals surface area (Å²) < 4.78 is 5.30. The summed E-state index contributed by atoms with van der Waals surface area (Å²) in [6, 6.07) is 0. The molecule has 1 aliphatic heterocycles. The highest BCUT2D eigenvalue weighted by atomic mass is 16.6. The lowest BCUT2D eigenvalue weighted by Gasteiger charge is -2.26. The van der Waals surface area contributed by atoms with Gasteiger partial charge in [0.15, 0.2) is 0 Å². The van der Waals surface area contributed by atoms with Gasteiger partial charge in [-0.25, -0.2) is 4.79 Å². The van der Waals surface area contributed by atoms with Crippen LogP contribution in [0.25, 0.3) is 0 Å². The van der Waals surface area contributed by atoms with Crippen molar-refractivity contribution in [2.75, 3.05) is 20.1 Å². The number of piperidine rings is 1. The number of rotatable bonds is 1. The van der Waals surface area contributed by atoms with Crippen LogP contribution in [0.2, 0.25) is 0 Å². The summed E-state index contributed by atoms with van der Waals surface area (Å²) in [5.41, 5.74) is -0.810. The SMILES string of the molecule is CNC(=O)[C@]12C[C@H]1CN(C(=O)OC(C)(C)C)C2. The average Bonchev–Trinajstić information content (AvgIpc) is 2.78.